The van der Waals surface area contributed by atoms with Crippen LogP contribution < -0.4 is 19.5 Å². The maximum Gasteiger partial charge on any atom is 0.237 e. The molecule has 0 radical (unpaired) electrons. The third-order valence-corrected chi connectivity index (χ3v) is 5.59. The molecule has 0 bridgehead atoms. The first-order valence-corrected chi connectivity index (χ1v) is 10.5. The van der Waals surface area contributed by atoms with Crippen molar-refractivity contribution in [3.05, 3.63) is 54.4 Å². The number of para-hydroxylation sites is 1. The summed E-state index contributed by atoms with van der Waals surface area (Å²) in [4.78, 5) is 12.6. The molecular formula is C21H22N4O4S. The van der Waals surface area contributed by atoms with Crippen molar-refractivity contribution in [3.63, 3.8) is 0 Å². The second kappa shape index (κ2) is 9.08. The number of hydrogen-bond acceptors (Lipinski definition) is 7. The van der Waals surface area contributed by atoms with Crippen LogP contribution in [0, 0.1) is 0 Å². The highest BCUT2D eigenvalue weighted by Crippen LogP contribution is 2.34. The Morgan fingerprint density at radius 1 is 1.20 bits per heavy atom. The summed E-state index contributed by atoms with van der Waals surface area (Å²) in [6.07, 6.45) is 0. The molecule has 1 aromatic heterocycles. The molecule has 156 valence electrons. The van der Waals surface area contributed by atoms with Gasteiger partial charge < -0.3 is 24.1 Å². The van der Waals surface area contributed by atoms with Crippen LogP contribution in [0.3, 0.4) is 0 Å². The van der Waals surface area contributed by atoms with Crippen molar-refractivity contribution in [1.29, 1.82) is 0 Å². The molecule has 1 atom stereocenters. The molecule has 3 aromatic rings. The predicted octanol–water partition coefficient (Wildman–Crippen LogP) is 3.73. The smallest absolute Gasteiger partial charge is 0.237 e. The average Bonchev–Trinajstić information content (AvgIpc) is 3.39. The number of ether oxygens (including phenoxy) is 3. The van der Waals surface area contributed by atoms with E-state index in [0.29, 0.717) is 41.3 Å². The third-order valence-electron chi connectivity index (χ3n) is 4.51. The van der Waals surface area contributed by atoms with Gasteiger partial charge in [-0.3, -0.25) is 4.79 Å². The van der Waals surface area contributed by atoms with Crippen molar-refractivity contribution >= 4 is 23.4 Å². The first-order valence-electron chi connectivity index (χ1n) is 9.61. The Hall–Kier alpha value is -3.20. The second-order valence-corrected chi connectivity index (χ2v) is 7.87. The number of carbonyl (C=O) groups excluding carboxylic acids is 1. The minimum atomic E-state index is -0.368. The number of thioether (sulfide) groups is 1. The van der Waals surface area contributed by atoms with E-state index in [1.165, 1.54) is 11.8 Å². The molecule has 0 spiro atoms. The lowest BCUT2D eigenvalue weighted by Gasteiger charge is -2.13. The Bertz CT molecular complexity index is 1030. The number of rotatable bonds is 8. The van der Waals surface area contributed by atoms with Crippen molar-refractivity contribution in [2.24, 2.45) is 0 Å². The molecule has 1 N–H and O–H groups in total. The number of aromatic nitrogens is 3. The molecule has 8 nitrogen and oxygen atoms in total. The molecular weight excluding hydrogens is 404 g/mol. The first kappa shape index (κ1) is 20.1. The quantitative estimate of drug-likeness (QED) is 0.549. The van der Waals surface area contributed by atoms with Gasteiger partial charge in [-0.2, -0.15) is 0 Å². The summed E-state index contributed by atoms with van der Waals surface area (Å²) >= 11 is 1.36. The molecule has 0 saturated heterocycles. The van der Waals surface area contributed by atoms with Gasteiger partial charge >= 0.3 is 0 Å². The highest BCUT2D eigenvalue weighted by molar-refractivity contribution is 8.00. The lowest BCUT2D eigenvalue weighted by atomic mass is 10.2. The Kier molecular flexibility index (Phi) is 6.08. The Balaban J connectivity index is 1.38. The van der Waals surface area contributed by atoms with Crippen molar-refractivity contribution in [3.8, 4) is 17.2 Å². The number of fused-ring (bicyclic) bond motifs is 1. The zero-order valence-corrected chi connectivity index (χ0v) is 17.5. The minimum Gasteiger partial charge on any atom is -0.486 e. The van der Waals surface area contributed by atoms with E-state index < -0.39 is 0 Å². The summed E-state index contributed by atoms with van der Waals surface area (Å²) in [5, 5.41) is 11.7. The molecule has 1 aliphatic rings. The van der Waals surface area contributed by atoms with E-state index in [2.05, 4.69) is 15.5 Å². The number of amides is 1. The lowest BCUT2D eigenvalue weighted by molar-refractivity contribution is -0.115. The van der Waals surface area contributed by atoms with Gasteiger partial charge in [0.15, 0.2) is 22.5 Å². The largest absolute Gasteiger partial charge is 0.486 e. The molecule has 1 aliphatic heterocycles. The molecule has 0 saturated carbocycles. The molecule has 9 heteroatoms. The van der Waals surface area contributed by atoms with Crippen molar-refractivity contribution < 1.29 is 19.0 Å². The van der Waals surface area contributed by atoms with Gasteiger partial charge in [0, 0.05) is 18.3 Å². The van der Waals surface area contributed by atoms with Crippen LogP contribution in [0.25, 0.3) is 0 Å². The highest BCUT2D eigenvalue weighted by atomic mass is 32.2. The minimum absolute atomic E-state index is 0.133. The van der Waals surface area contributed by atoms with Gasteiger partial charge in [-0.25, -0.2) is 0 Å². The van der Waals surface area contributed by atoms with Gasteiger partial charge in [0.1, 0.15) is 12.4 Å². The van der Waals surface area contributed by atoms with E-state index in [0.717, 1.165) is 5.75 Å². The molecule has 2 aromatic carbocycles. The number of benzene rings is 2. The van der Waals surface area contributed by atoms with Crippen molar-refractivity contribution in [1.82, 2.24) is 14.8 Å². The molecule has 4 rings (SSSR count). The maximum absolute atomic E-state index is 12.6. The fourth-order valence-electron chi connectivity index (χ4n) is 2.93. The topological polar surface area (TPSA) is 87.5 Å². The van der Waals surface area contributed by atoms with Gasteiger partial charge in [0.05, 0.1) is 5.25 Å². The van der Waals surface area contributed by atoms with Gasteiger partial charge in [-0.05, 0) is 38.1 Å². The van der Waals surface area contributed by atoms with Crippen LogP contribution in [-0.2, 0) is 17.9 Å². The number of nitrogens with zero attached hydrogens (tertiary/aromatic N) is 3. The fraction of sp³-hybridized carbons (Fsp3) is 0.286. The summed E-state index contributed by atoms with van der Waals surface area (Å²) in [6.45, 7) is 5.03. The third kappa shape index (κ3) is 4.51. The van der Waals surface area contributed by atoms with Crippen molar-refractivity contribution in [2.75, 3.05) is 12.1 Å². The molecule has 2 heterocycles. The number of hydrogen-bond donors (Lipinski definition) is 1. The normalized spacial score (nSPS) is 13.1. The molecule has 30 heavy (non-hydrogen) atoms. The standard InChI is InChI=1S/C21H22N4O4S/c1-3-25-19(12-27-16-7-5-4-6-8-16)23-24-21(25)30-14(2)20(26)22-15-9-10-17-18(11-15)29-13-28-17/h4-11,14H,3,12-13H2,1-2H3,(H,22,26)/t14-/m1/s1. The van der Waals surface area contributed by atoms with Gasteiger partial charge in [-0.1, -0.05) is 30.0 Å². The summed E-state index contributed by atoms with van der Waals surface area (Å²) in [5.74, 6) is 2.66. The van der Waals surface area contributed by atoms with Crippen LogP contribution in [0.4, 0.5) is 5.69 Å². The monoisotopic (exact) mass is 426 g/mol. The maximum atomic E-state index is 12.6. The average molecular weight is 426 g/mol. The van der Waals surface area contributed by atoms with Gasteiger partial charge in [-0.15, -0.1) is 10.2 Å². The second-order valence-electron chi connectivity index (χ2n) is 6.56. The molecule has 0 unspecified atom stereocenters. The zero-order chi connectivity index (χ0) is 20.9. The SMILES string of the molecule is CCn1c(COc2ccccc2)nnc1S[C@H](C)C(=O)Nc1ccc2c(c1)OCO2. The van der Waals surface area contributed by atoms with Crippen LogP contribution in [0.5, 0.6) is 17.2 Å². The zero-order valence-electron chi connectivity index (χ0n) is 16.7. The summed E-state index contributed by atoms with van der Waals surface area (Å²) in [6, 6.07) is 14.9. The summed E-state index contributed by atoms with van der Waals surface area (Å²) in [7, 11) is 0. The van der Waals surface area contributed by atoms with Gasteiger partial charge in [0.25, 0.3) is 0 Å². The van der Waals surface area contributed by atoms with Gasteiger partial charge in [0.2, 0.25) is 12.7 Å². The van der Waals surface area contributed by atoms with E-state index in [4.69, 9.17) is 14.2 Å². The van der Waals surface area contributed by atoms with Crippen LogP contribution in [-0.4, -0.2) is 32.7 Å². The van der Waals surface area contributed by atoms with E-state index in [9.17, 15) is 4.79 Å². The summed E-state index contributed by atoms with van der Waals surface area (Å²) < 4.78 is 18.4. The summed E-state index contributed by atoms with van der Waals surface area (Å²) in [5.41, 5.74) is 0.658. The fourth-order valence-corrected chi connectivity index (χ4v) is 3.86. The van der Waals surface area contributed by atoms with E-state index in [1.54, 1.807) is 18.2 Å². The Morgan fingerprint density at radius 2 is 2.00 bits per heavy atom. The molecule has 1 amide bonds. The van der Waals surface area contributed by atoms with Crippen LogP contribution in [0.2, 0.25) is 0 Å². The Labute approximate surface area is 178 Å². The van der Waals surface area contributed by atoms with E-state index in [-0.39, 0.29) is 18.0 Å². The predicted molar refractivity (Wildman–Crippen MR) is 113 cm³/mol. The van der Waals surface area contributed by atoms with Crippen LogP contribution >= 0.6 is 11.8 Å². The first-order chi connectivity index (χ1) is 14.6. The number of carbonyl (C=O) groups is 1. The molecule has 0 aliphatic carbocycles. The Morgan fingerprint density at radius 3 is 2.80 bits per heavy atom. The van der Waals surface area contributed by atoms with Crippen molar-refractivity contribution in [2.45, 2.75) is 37.4 Å². The highest BCUT2D eigenvalue weighted by Gasteiger charge is 2.21. The van der Waals surface area contributed by atoms with Crippen LogP contribution in [0.1, 0.15) is 19.7 Å². The number of nitrogens with one attached hydrogen (secondary N) is 1. The van der Waals surface area contributed by atoms with E-state index >= 15 is 0 Å². The van der Waals surface area contributed by atoms with Crippen LogP contribution in [0.15, 0.2) is 53.7 Å². The molecule has 0 fully saturated rings. The lowest BCUT2D eigenvalue weighted by Crippen LogP contribution is -2.23. The van der Waals surface area contributed by atoms with E-state index in [1.807, 2.05) is 48.7 Å². The number of anilines is 1.